The van der Waals surface area contributed by atoms with E-state index in [4.69, 9.17) is 14.5 Å². The lowest BCUT2D eigenvalue weighted by atomic mass is 9.83. The van der Waals surface area contributed by atoms with Crippen molar-refractivity contribution in [2.75, 3.05) is 6.61 Å². The Balaban J connectivity index is 1.31. The Morgan fingerprint density at radius 2 is 1.64 bits per heavy atom. The number of ether oxygens (including phenoxy) is 2. The van der Waals surface area contributed by atoms with Crippen LogP contribution in [0.3, 0.4) is 0 Å². The van der Waals surface area contributed by atoms with Gasteiger partial charge in [-0.15, -0.1) is 0 Å². The molecule has 1 aromatic heterocycles. The summed E-state index contributed by atoms with van der Waals surface area (Å²) in [7, 11) is 0. The topological polar surface area (TPSA) is 52.8 Å². The summed E-state index contributed by atoms with van der Waals surface area (Å²) in [5.41, 5.74) is 7.73. The van der Waals surface area contributed by atoms with E-state index in [2.05, 4.69) is 36.4 Å². The molecule has 2 heterocycles. The molecule has 4 aromatic carbocycles. The number of allylic oxidation sites excluding steroid dienone is 1. The molecule has 0 amide bonds. The molecule has 6 heteroatoms. The lowest BCUT2D eigenvalue weighted by molar-refractivity contribution is 0.269. The van der Waals surface area contributed by atoms with Gasteiger partial charge in [0.25, 0.3) is 5.56 Å². The van der Waals surface area contributed by atoms with Crippen molar-refractivity contribution in [1.29, 1.82) is 0 Å². The molecule has 5 aromatic rings. The summed E-state index contributed by atoms with van der Waals surface area (Å²) in [4.78, 5) is 19.9. The molecule has 1 aliphatic carbocycles. The summed E-state index contributed by atoms with van der Waals surface area (Å²) in [5.74, 6) is 1.33. The fourth-order valence-corrected chi connectivity index (χ4v) is 6.85. The number of aromatic nitrogens is 1. The number of nitrogens with zero attached hydrogens (tertiary/aromatic N) is 2. The van der Waals surface area contributed by atoms with Crippen molar-refractivity contribution in [1.82, 2.24) is 4.57 Å². The first-order valence-electron chi connectivity index (χ1n) is 14.3. The number of hydrogen-bond donors (Lipinski definition) is 0. The highest BCUT2D eigenvalue weighted by Crippen LogP contribution is 2.41. The molecule has 5 nitrogen and oxygen atoms in total. The molecule has 0 saturated carbocycles. The van der Waals surface area contributed by atoms with Crippen LogP contribution in [0.2, 0.25) is 0 Å². The van der Waals surface area contributed by atoms with Crippen molar-refractivity contribution in [3.63, 3.8) is 0 Å². The maximum Gasteiger partial charge on any atom is 0.271 e. The first kappa shape index (κ1) is 26.2. The van der Waals surface area contributed by atoms with Crippen LogP contribution in [0.5, 0.6) is 11.5 Å². The average Bonchev–Trinajstić information content (AvgIpc) is 3.34. The monoisotopic (exact) mass is 570 g/mol. The molecule has 2 aliphatic rings. The van der Waals surface area contributed by atoms with E-state index in [1.165, 1.54) is 28.0 Å². The summed E-state index contributed by atoms with van der Waals surface area (Å²) in [6.45, 7) is 2.92. The molecule has 1 aliphatic heterocycles. The molecule has 0 N–H and O–H groups in total. The number of rotatable bonds is 7. The van der Waals surface area contributed by atoms with E-state index in [-0.39, 0.29) is 11.6 Å². The first-order valence-corrected chi connectivity index (χ1v) is 15.1. The van der Waals surface area contributed by atoms with Crippen LogP contribution in [0, 0.1) is 0 Å². The minimum Gasteiger partial charge on any atom is -0.490 e. The van der Waals surface area contributed by atoms with E-state index in [1.54, 1.807) is 0 Å². The number of aryl methyl sites for hydroxylation is 1. The van der Waals surface area contributed by atoms with Crippen LogP contribution in [0.1, 0.15) is 47.2 Å². The van der Waals surface area contributed by atoms with E-state index in [1.807, 2.05) is 84.3 Å². The van der Waals surface area contributed by atoms with Gasteiger partial charge in [-0.05, 0) is 65.8 Å². The van der Waals surface area contributed by atoms with Gasteiger partial charge in [0.05, 0.1) is 22.9 Å². The third-order valence-electron chi connectivity index (χ3n) is 7.79. The van der Waals surface area contributed by atoms with Gasteiger partial charge in [-0.25, -0.2) is 4.99 Å². The lowest BCUT2D eigenvalue weighted by Gasteiger charge is -2.30. The van der Waals surface area contributed by atoms with Gasteiger partial charge in [0.1, 0.15) is 6.61 Å². The quantitative estimate of drug-likeness (QED) is 0.231. The van der Waals surface area contributed by atoms with E-state index in [0.717, 1.165) is 40.0 Å². The smallest absolute Gasteiger partial charge is 0.271 e. The Morgan fingerprint density at radius 1 is 0.881 bits per heavy atom. The molecule has 0 spiro atoms. The molecule has 7 rings (SSSR count). The van der Waals surface area contributed by atoms with Crippen LogP contribution in [0.25, 0.3) is 11.8 Å². The lowest BCUT2D eigenvalue weighted by Crippen LogP contribution is -2.38. The third kappa shape index (κ3) is 4.88. The number of hydrogen-bond acceptors (Lipinski definition) is 5. The average molecular weight is 571 g/mol. The molecular weight excluding hydrogens is 540 g/mol. The van der Waals surface area contributed by atoms with E-state index in [0.29, 0.717) is 29.2 Å². The predicted molar refractivity (Wildman–Crippen MR) is 168 cm³/mol. The highest BCUT2D eigenvalue weighted by molar-refractivity contribution is 7.07. The third-order valence-corrected chi connectivity index (χ3v) is 8.77. The van der Waals surface area contributed by atoms with Gasteiger partial charge in [-0.1, -0.05) is 102 Å². The molecule has 0 bridgehead atoms. The zero-order valence-electron chi connectivity index (χ0n) is 23.3. The van der Waals surface area contributed by atoms with Crippen molar-refractivity contribution in [2.24, 2.45) is 4.99 Å². The second-order valence-corrected chi connectivity index (χ2v) is 11.4. The number of thiazole rings is 1. The van der Waals surface area contributed by atoms with Gasteiger partial charge in [0.2, 0.25) is 0 Å². The van der Waals surface area contributed by atoms with Crippen LogP contribution in [-0.4, -0.2) is 11.2 Å². The number of fused-ring (bicyclic) bond motifs is 3. The Kier molecular flexibility index (Phi) is 7.06. The minimum atomic E-state index is -0.180. The summed E-state index contributed by atoms with van der Waals surface area (Å²) in [5, 5.41) is 0. The van der Waals surface area contributed by atoms with Gasteiger partial charge < -0.3 is 9.47 Å². The molecule has 42 heavy (non-hydrogen) atoms. The zero-order chi connectivity index (χ0) is 28.5. The Labute approximate surface area is 248 Å². The van der Waals surface area contributed by atoms with Gasteiger partial charge in [-0.2, -0.15) is 0 Å². The molecular formula is C36H30N2O3S. The summed E-state index contributed by atoms with van der Waals surface area (Å²) >= 11 is 1.44. The zero-order valence-corrected chi connectivity index (χ0v) is 24.1. The Morgan fingerprint density at radius 3 is 2.45 bits per heavy atom. The molecule has 208 valence electrons. The maximum atomic E-state index is 14.1. The highest BCUT2D eigenvalue weighted by atomic mass is 32.1. The standard InChI is InChI=1S/C36H30N2O3S/c1-2-40-31-21-25(17-20-30(31)41-23-24-11-5-3-6-12-24)22-32-35(39)38-34(27-14-7-4-8-15-27)29-19-18-26-13-9-10-16-28(26)33(29)37-36(38)42-32/h3-17,20-22,34H,2,18-19,23H2,1H3/b32-22+/t34-/m0/s1. The van der Waals surface area contributed by atoms with Crippen molar-refractivity contribution in [2.45, 2.75) is 32.4 Å². The van der Waals surface area contributed by atoms with Crippen molar-refractivity contribution in [3.05, 3.63) is 156 Å². The van der Waals surface area contributed by atoms with Crippen LogP contribution >= 0.6 is 11.3 Å². The van der Waals surface area contributed by atoms with Crippen molar-refractivity contribution >= 4 is 23.1 Å². The second-order valence-electron chi connectivity index (χ2n) is 10.4. The van der Waals surface area contributed by atoms with E-state index in [9.17, 15) is 4.79 Å². The largest absolute Gasteiger partial charge is 0.490 e. The first-order chi connectivity index (χ1) is 20.7. The second kappa shape index (κ2) is 11.3. The summed E-state index contributed by atoms with van der Waals surface area (Å²) in [6, 6.07) is 34.5. The fraction of sp³-hybridized carbons (Fsp3) is 0.167. The summed E-state index contributed by atoms with van der Waals surface area (Å²) < 4.78 is 14.6. The Bertz CT molecular complexity index is 1970. The van der Waals surface area contributed by atoms with Crippen LogP contribution < -0.4 is 24.4 Å². The summed E-state index contributed by atoms with van der Waals surface area (Å²) in [6.07, 6.45) is 3.75. The van der Waals surface area contributed by atoms with Crippen LogP contribution in [-0.2, 0) is 13.0 Å². The minimum absolute atomic E-state index is 0.0274. The molecule has 0 unspecified atom stereocenters. The highest BCUT2D eigenvalue weighted by Gasteiger charge is 2.32. The number of benzene rings is 4. The molecule has 1 atom stereocenters. The van der Waals surface area contributed by atoms with E-state index < -0.39 is 0 Å². The molecule has 0 radical (unpaired) electrons. The van der Waals surface area contributed by atoms with Gasteiger partial charge >= 0.3 is 0 Å². The predicted octanol–water partition coefficient (Wildman–Crippen LogP) is 6.30. The van der Waals surface area contributed by atoms with Gasteiger partial charge in [0, 0.05) is 5.56 Å². The van der Waals surface area contributed by atoms with Crippen LogP contribution in [0.15, 0.2) is 118 Å². The Hall–Kier alpha value is -4.68. The molecule has 0 saturated heterocycles. The normalized spacial score (nSPS) is 15.8. The van der Waals surface area contributed by atoms with Crippen molar-refractivity contribution < 1.29 is 9.47 Å². The van der Waals surface area contributed by atoms with Crippen LogP contribution in [0.4, 0.5) is 0 Å². The van der Waals surface area contributed by atoms with Gasteiger partial charge in [-0.3, -0.25) is 9.36 Å². The molecule has 0 fully saturated rings. The SMILES string of the molecule is CCOc1cc(/C=c2/sc3n(c2=O)[C@@H](c2ccccc2)C2=C(N=3)c3ccccc3CC2)ccc1OCc1ccccc1. The van der Waals surface area contributed by atoms with E-state index >= 15 is 0 Å². The van der Waals surface area contributed by atoms with Gasteiger partial charge in [0.15, 0.2) is 16.3 Å². The fourth-order valence-electron chi connectivity index (χ4n) is 5.85. The van der Waals surface area contributed by atoms with Crippen molar-refractivity contribution in [3.8, 4) is 11.5 Å². The maximum absolute atomic E-state index is 14.1.